The Morgan fingerprint density at radius 2 is 2.05 bits per heavy atom. The molecule has 122 valence electrons. The average Bonchev–Trinajstić information content (AvgIpc) is 2.86. The first kappa shape index (κ1) is 15.7. The fraction of sp³-hybridized carbons (Fsp3) is 0.733. The Hall–Kier alpha value is -1.18. The van der Waals surface area contributed by atoms with Crippen molar-refractivity contribution in [3.8, 4) is 0 Å². The molecule has 1 aromatic rings. The van der Waals surface area contributed by atoms with Gasteiger partial charge in [-0.25, -0.2) is 4.98 Å². The van der Waals surface area contributed by atoms with E-state index in [1.165, 1.54) is 37.6 Å². The Balaban J connectivity index is 1.47. The standard InChI is InChI=1S/C15H26N6S/c1-11-14(22-12(2)19-11)9-18-15(16-3)17-8-13-10-20-4-6-21(13)7-5-20/h13H,4-10H2,1-3H3,(H2,16,17,18). The van der Waals surface area contributed by atoms with E-state index in [0.29, 0.717) is 6.04 Å². The van der Waals surface area contributed by atoms with Crippen LogP contribution in [0.15, 0.2) is 4.99 Å². The first-order valence-corrected chi connectivity index (χ1v) is 8.81. The van der Waals surface area contributed by atoms with Crippen molar-refractivity contribution >= 4 is 17.3 Å². The number of aromatic nitrogens is 1. The van der Waals surface area contributed by atoms with Gasteiger partial charge in [-0.05, 0) is 13.8 Å². The molecule has 7 heteroatoms. The van der Waals surface area contributed by atoms with Crippen LogP contribution < -0.4 is 10.6 Å². The van der Waals surface area contributed by atoms with E-state index in [0.717, 1.165) is 29.8 Å². The van der Waals surface area contributed by atoms with Crippen molar-refractivity contribution in [2.45, 2.75) is 26.4 Å². The summed E-state index contributed by atoms with van der Waals surface area (Å²) in [4.78, 5) is 15.2. The first-order chi connectivity index (χ1) is 10.7. The lowest BCUT2D eigenvalue weighted by atomic mass is 10.1. The third-order valence-corrected chi connectivity index (χ3v) is 5.61. The molecule has 0 spiro atoms. The molecule has 2 bridgehead atoms. The Morgan fingerprint density at radius 1 is 1.27 bits per heavy atom. The lowest BCUT2D eigenvalue weighted by Gasteiger charge is -2.47. The van der Waals surface area contributed by atoms with Crippen molar-refractivity contribution in [2.24, 2.45) is 4.99 Å². The highest BCUT2D eigenvalue weighted by atomic mass is 32.1. The Kier molecular flexibility index (Phi) is 4.95. The lowest BCUT2D eigenvalue weighted by molar-refractivity contribution is 0.0154. The molecule has 22 heavy (non-hydrogen) atoms. The second-order valence-corrected chi connectivity index (χ2v) is 7.33. The van der Waals surface area contributed by atoms with Crippen LogP contribution in [0.3, 0.4) is 0 Å². The van der Waals surface area contributed by atoms with E-state index in [1.54, 1.807) is 11.3 Å². The van der Waals surface area contributed by atoms with Crippen LogP contribution in [0.4, 0.5) is 0 Å². The maximum absolute atomic E-state index is 4.47. The normalized spacial score (nSPS) is 28.0. The van der Waals surface area contributed by atoms with Gasteiger partial charge < -0.3 is 10.6 Å². The summed E-state index contributed by atoms with van der Waals surface area (Å²) in [5.74, 6) is 0.878. The summed E-state index contributed by atoms with van der Waals surface area (Å²) in [5, 5.41) is 8.00. The van der Waals surface area contributed by atoms with Crippen molar-refractivity contribution in [2.75, 3.05) is 46.3 Å². The van der Waals surface area contributed by atoms with Gasteiger partial charge in [0.15, 0.2) is 5.96 Å². The number of aliphatic imine (C=N–C) groups is 1. The Labute approximate surface area is 136 Å². The summed E-state index contributed by atoms with van der Waals surface area (Å²) in [7, 11) is 1.83. The van der Waals surface area contributed by atoms with Gasteiger partial charge in [-0.15, -0.1) is 11.3 Å². The smallest absolute Gasteiger partial charge is 0.191 e. The summed E-state index contributed by atoms with van der Waals surface area (Å²) in [6.07, 6.45) is 0. The van der Waals surface area contributed by atoms with Gasteiger partial charge in [-0.2, -0.15) is 0 Å². The molecule has 3 saturated heterocycles. The van der Waals surface area contributed by atoms with Crippen molar-refractivity contribution in [1.29, 1.82) is 0 Å². The van der Waals surface area contributed by atoms with Crippen LogP contribution in [0.25, 0.3) is 0 Å². The van der Waals surface area contributed by atoms with E-state index in [2.05, 4.69) is 44.3 Å². The number of nitrogens with zero attached hydrogens (tertiary/aromatic N) is 4. The lowest BCUT2D eigenvalue weighted by Crippen LogP contribution is -2.63. The molecule has 6 nitrogen and oxygen atoms in total. The minimum Gasteiger partial charge on any atom is -0.355 e. The summed E-state index contributed by atoms with van der Waals surface area (Å²) in [6.45, 7) is 11.9. The minimum absolute atomic E-state index is 0.605. The molecule has 1 unspecified atom stereocenters. The first-order valence-electron chi connectivity index (χ1n) is 7.99. The largest absolute Gasteiger partial charge is 0.355 e. The molecule has 1 atom stereocenters. The second kappa shape index (κ2) is 6.93. The third kappa shape index (κ3) is 3.59. The number of hydrogen-bond donors (Lipinski definition) is 2. The Morgan fingerprint density at radius 3 is 2.59 bits per heavy atom. The van der Waals surface area contributed by atoms with E-state index in [-0.39, 0.29) is 0 Å². The highest BCUT2D eigenvalue weighted by molar-refractivity contribution is 7.11. The molecule has 3 aliphatic heterocycles. The quantitative estimate of drug-likeness (QED) is 0.622. The SMILES string of the molecule is CN=C(NCc1sc(C)nc1C)NCC1CN2CCN1CC2. The molecule has 1 aromatic heterocycles. The highest BCUT2D eigenvalue weighted by Gasteiger charge is 2.31. The van der Waals surface area contributed by atoms with E-state index in [4.69, 9.17) is 0 Å². The maximum atomic E-state index is 4.47. The van der Waals surface area contributed by atoms with E-state index in [1.807, 2.05) is 7.05 Å². The van der Waals surface area contributed by atoms with E-state index in [9.17, 15) is 0 Å². The molecule has 4 rings (SSSR count). The van der Waals surface area contributed by atoms with Gasteiger partial charge in [0.2, 0.25) is 0 Å². The second-order valence-electron chi connectivity index (χ2n) is 6.04. The topological polar surface area (TPSA) is 55.8 Å². The molecule has 0 amide bonds. The molecule has 3 fully saturated rings. The zero-order valence-electron chi connectivity index (χ0n) is 13.7. The number of hydrogen-bond acceptors (Lipinski definition) is 5. The van der Waals surface area contributed by atoms with Crippen LogP contribution in [0.5, 0.6) is 0 Å². The number of rotatable bonds is 4. The number of fused-ring (bicyclic) bond motifs is 3. The average molecular weight is 322 g/mol. The van der Waals surface area contributed by atoms with Crippen molar-refractivity contribution in [3.63, 3.8) is 0 Å². The van der Waals surface area contributed by atoms with Crippen LogP contribution >= 0.6 is 11.3 Å². The molecule has 3 aliphatic rings. The van der Waals surface area contributed by atoms with Crippen molar-refractivity contribution < 1.29 is 0 Å². The van der Waals surface area contributed by atoms with E-state index >= 15 is 0 Å². The fourth-order valence-electron chi connectivity index (χ4n) is 3.25. The number of nitrogens with one attached hydrogen (secondary N) is 2. The molecular weight excluding hydrogens is 296 g/mol. The summed E-state index contributed by atoms with van der Waals surface area (Å²) >= 11 is 1.75. The maximum Gasteiger partial charge on any atom is 0.191 e. The highest BCUT2D eigenvalue weighted by Crippen LogP contribution is 2.17. The molecular formula is C15H26N6S. The monoisotopic (exact) mass is 322 g/mol. The van der Waals surface area contributed by atoms with Crippen LogP contribution in [0, 0.1) is 13.8 Å². The number of thiazole rings is 1. The number of aryl methyl sites for hydroxylation is 2. The van der Waals surface area contributed by atoms with Gasteiger partial charge in [0.1, 0.15) is 0 Å². The summed E-state index contributed by atoms with van der Waals surface area (Å²) in [5.41, 5.74) is 1.12. The van der Waals surface area contributed by atoms with Gasteiger partial charge in [-0.1, -0.05) is 0 Å². The fourth-order valence-corrected chi connectivity index (χ4v) is 4.13. The zero-order valence-corrected chi connectivity index (χ0v) is 14.5. The van der Waals surface area contributed by atoms with Crippen LogP contribution in [-0.2, 0) is 6.54 Å². The molecule has 0 aromatic carbocycles. The van der Waals surface area contributed by atoms with Gasteiger partial charge in [0.05, 0.1) is 17.2 Å². The predicted octanol–water partition coefficient (Wildman–Crippen LogP) is 0.425. The van der Waals surface area contributed by atoms with Gasteiger partial charge >= 0.3 is 0 Å². The molecule has 0 radical (unpaired) electrons. The number of guanidine groups is 1. The number of piperazine rings is 3. The summed E-state index contributed by atoms with van der Waals surface area (Å²) in [6, 6.07) is 0.605. The van der Waals surface area contributed by atoms with E-state index < -0.39 is 0 Å². The van der Waals surface area contributed by atoms with Crippen molar-refractivity contribution in [3.05, 3.63) is 15.6 Å². The minimum atomic E-state index is 0.605. The summed E-state index contributed by atoms with van der Waals surface area (Å²) < 4.78 is 0. The molecule has 0 saturated carbocycles. The zero-order chi connectivity index (χ0) is 15.5. The molecule has 0 aliphatic carbocycles. The predicted molar refractivity (Wildman–Crippen MR) is 91.6 cm³/mol. The van der Waals surface area contributed by atoms with Crippen molar-refractivity contribution in [1.82, 2.24) is 25.4 Å². The van der Waals surface area contributed by atoms with Gasteiger partial charge in [0.25, 0.3) is 0 Å². The van der Waals surface area contributed by atoms with Gasteiger partial charge in [-0.3, -0.25) is 14.8 Å². The third-order valence-electron chi connectivity index (χ3n) is 4.54. The van der Waals surface area contributed by atoms with Crippen LogP contribution in [0.1, 0.15) is 15.6 Å². The molecule has 2 N–H and O–H groups in total. The van der Waals surface area contributed by atoms with Crippen LogP contribution in [0.2, 0.25) is 0 Å². The van der Waals surface area contributed by atoms with Gasteiger partial charge in [0, 0.05) is 57.2 Å². The Bertz CT molecular complexity index is 532. The van der Waals surface area contributed by atoms with Crippen LogP contribution in [-0.4, -0.2) is 73.1 Å². The molecule has 4 heterocycles.